The summed E-state index contributed by atoms with van der Waals surface area (Å²) in [6, 6.07) is 3.09. The van der Waals surface area contributed by atoms with Crippen LogP contribution in [-0.2, 0) is 10.3 Å². The Kier molecular flexibility index (Phi) is 4.78. The van der Waals surface area contributed by atoms with Crippen molar-refractivity contribution in [2.45, 2.75) is 32.2 Å². The second kappa shape index (κ2) is 5.91. The lowest BCUT2D eigenvalue weighted by atomic mass is 9.88. The van der Waals surface area contributed by atoms with Crippen molar-refractivity contribution in [2.75, 3.05) is 6.54 Å². The Balaban J connectivity index is 3.11. The number of halogens is 2. The van der Waals surface area contributed by atoms with Gasteiger partial charge in [-0.1, -0.05) is 6.92 Å². The highest BCUT2D eigenvalue weighted by Gasteiger charge is 2.29. The van der Waals surface area contributed by atoms with Gasteiger partial charge in [0.05, 0.1) is 12.0 Å². The van der Waals surface area contributed by atoms with Crippen molar-refractivity contribution in [2.24, 2.45) is 0 Å². The molecular weight excluding hydrogens is 240 g/mol. The fourth-order valence-corrected chi connectivity index (χ4v) is 1.84. The molecule has 5 heteroatoms. The Morgan fingerprint density at radius 3 is 2.33 bits per heavy atom. The first-order valence-corrected chi connectivity index (χ1v) is 5.81. The summed E-state index contributed by atoms with van der Waals surface area (Å²) in [7, 11) is 0. The highest BCUT2D eigenvalue weighted by atomic mass is 19.1. The lowest BCUT2D eigenvalue weighted by molar-refractivity contribution is -0.138. The number of rotatable bonds is 6. The summed E-state index contributed by atoms with van der Waals surface area (Å²) < 4.78 is 26.4. The molecule has 18 heavy (non-hydrogen) atoms. The standard InChI is InChI=1S/C13H17F2NO2/c1-3-4-16-13(2,8-12(17)18)9-5-10(14)7-11(15)6-9/h5-7,16H,3-4,8H2,1-2H3,(H,17,18). The molecule has 3 nitrogen and oxygen atoms in total. The Bertz CT molecular complexity index is 417. The van der Waals surface area contributed by atoms with Crippen LogP contribution in [0.4, 0.5) is 8.78 Å². The quantitative estimate of drug-likeness (QED) is 0.823. The molecule has 100 valence electrons. The van der Waals surface area contributed by atoms with Gasteiger partial charge in [-0.25, -0.2) is 8.78 Å². The van der Waals surface area contributed by atoms with Gasteiger partial charge in [-0.2, -0.15) is 0 Å². The third-order valence-electron chi connectivity index (χ3n) is 2.77. The highest BCUT2D eigenvalue weighted by molar-refractivity contribution is 5.68. The van der Waals surface area contributed by atoms with Gasteiger partial charge in [0.1, 0.15) is 11.6 Å². The Hall–Kier alpha value is -1.49. The van der Waals surface area contributed by atoms with Crippen LogP contribution < -0.4 is 5.32 Å². The summed E-state index contributed by atoms with van der Waals surface area (Å²) in [4.78, 5) is 10.9. The van der Waals surface area contributed by atoms with Crippen LogP contribution in [-0.4, -0.2) is 17.6 Å². The topological polar surface area (TPSA) is 49.3 Å². The molecule has 0 fully saturated rings. The lowest BCUT2D eigenvalue weighted by Crippen LogP contribution is -2.42. The molecule has 0 bridgehead atoms. The first-order chi connectivity index (χ1) is 8.37. The van der Waals surface area contributed by atoms with Crippen LogP contribution in [0.3, 0.4) is 0 Å². The minimum Gasteiger partial charge on any atom is -0.481 e. The molecule has 2 N–H and O–H groups in total. The zero-order valence-electron chi connectivity index (χ0n) is 10.5. The maximum Gasteiger partial charge on any atom is 0.305 e. The van der Waals surface area contributed by atoms with E-state index in [4.69, 9.17) is 5.11 Å². The number of hydrogen-bond acceptors (Lipinski definition) is 2. The molecule has 1 aromatic carbocycles. The molecule has 0 aliphatic rings. The van der Waals surface area contributed by atoms with Crippen LogP contribution in [0.25, 0.3) is 0 Å². The molecule has 1 unspecified atom stereocenters. The number of carbonyl (C=O) groups is 1. The molecule has 0 aliphatic heterocycles. The van der Waals surface area contributed by atoms with Gasteiger partial charge in [0.25, 0.3) is 0 Å². The average Bonchev–Trinajstić information content (AvgIpc) is 2.24. The largest absolute Gasteiger partial charge is 0.481 e. The van der Waals surface area contributed by atoms with E-state index in [1.165, 1.54) is 0 Å². The van der Waals surface area contributed by atoms with Crippen molar-refractivity contribution < 1.29 is 18.7 Å². The summed E-state index contributed by atoms with van der Waals surface area (Å²) in [5.41, 5.74) is -0.680. The minimum atomic E-state index is -1.02. The highest BCUT2D eigenvalue weighted by Crippen LogP contribution is 2.26. The van der Waals surface area contributed by atoms with Gasteiger partial charge in [0, 0.05) is 6.07 Å². The van der Waals surface area contributed by atoms with Crippen LogP contribution in [0.5, 0.6) is 0 Å². The van der Waals surface area contributed by atoms with E-state index in [0.29, 0.717) is 12.1 Å². The second-order valence-electron chi connectivity index (χ2n) is 4.49. The second-order valence-corrected chi connectivity index (χ2v) is 4.49. The van der Waals surface area contributed by atoms with E-state index >= 15 is 0 Å². The van der Waals surface area contributed by atoms with Crippen molar-refractivity contribution >= 4 is 5.97 Å². The molecular formula is C13H17F2NO2. The minimum absolute atomic E-state index is 0.240. The summed E-state index contributed by atoms with van der Waals surface area (Å²) in [6.45, 7) is 4.13. The van der Waals surface area contributed by atoms with E-state index in [2.05, 4.69) is 5.32 Å². The Morgan fingerprint density at radius 1 is 1.33 bits per heavy atom. The van der Waals surface area contributed by atoms with Crippen LogP contribution in [0.1, 0.15) is 32.3 Å². The molecule has 0 spiro atoms. The van der Waals surface area contributed by atoms with Gasteiger partial charge >= 0.3 is 5.97 Å². The van der Waals surface area contributed by atoms with Crippen LogP contribution in [0, 0.1) is 11.6 Å². The van der Waals surface area contributed by atoms with E-state index < -0.39 is 23.1 Å². The predicted octanol–water partition coefficient (Wildman–Crippen LogP) is 2.65. The summed E-state index contributed by atoms with van der Waals surface area (Å²) in [5, 5.41) is 12.0. The van der Waals surface area contributed by atoms with Gasteiger partial charge in [0.15, 0.2) is 0 Å². The van der Waals surface area contributed by atoms with Crippen LogP contribution >= 0.6 is 0 Å². The molecule has 1 atom stereocenters. The first kappa shape index (κ1) is 14.6. The number of carboxylic acids is 1. The molecule has 1 rings (SSSR count). The predicted molar refractivity (Wildman–Crippen MR) is 64.3 cm³/mol. The van der Waals surface area contributed by atoms with Gasteiger partial charge in [-0.05, 0) is 37.6 Å². The van der Waals surface area contributed by atoms with Crippen molar-refractivity contribution in [3.63, 3.8) is 0 Å². The molecule has 0 heterocycles. The maximum absolute atomic E-state index is 13.2. The average molecular weight is 257 g/mol. The number of benzene rings is 1. The fourth-order valence-electron chi connectivity index (χ4n) is 1.84. The van der Waals surface area contributed by atoms with Crippen LogP contribution in [0.15, 0.2) is 18.2 Å². The summed E-state index contributed by atoms with van der Waals surface area (Å²) in [6.07, 6.45) is 0.558. The van der Waals surface area contributed by atoms with Crippen molar-refractivity contribution in [3.05, 3.63) is 35.4 Å². The molecule has 0 aliphatic carbocycles. The Labute approximate surface area is 105 Å². The lowest BCUT2D eigenvalue weighted by Gasteiger charge is -2.30. The monoisotopic (exact) mass is 257 g/mol. The third kappa shape index (κ3) is 3.77. The molecule has 0 amide bonds. The van der Waals surface area contributed by atoms with Gasteiger partial charge in [-0.15, -0.1) is 0 Å². The first-order valence-electron chi connectivity index (χ1n) is 5.81. The van der Waals surface area contributed by atoms with E-state index in [0.717, 1.165) is 24.6 Å². The number of hydrogen-bond donors (Lipinski definition) is 2. The number of nitrogens with one attached hydrogen (secondary N) is 1. The SMILES string of the molecule is CCCNC(C)(CC(=O)O)c1cc(F)cc(F)c1. The molecule has 0 saturated carbocycles. The summed E-state index contributed by atoms with van der Waals surface area (Å²) in [5.74, 6) is -2.44. The van der Waals surface area contributed by atoms with E-state index in [9.17, 15) is 13.6 Å². The Morgan fingerprint density at radius 2 is 1.89 bits per heavy atom. The zero-order chi connectivity index (χ0) is 13.8. The molecule has 0 radical (unpaired) electrons. The maximum atomic E-state index is 13.2. The van der Waals surface area contributed by atoms with E-state index in [-0.39, 0.29) is 6.42 Å². The van der Waals surface area contributed by atoms with Crippen molar-refractivity contribution in [1.82, 2.24) is 5.32 Å². The normalized spacial score (nSPS) is 14.2. The van der Waals surface area contributed by atoms with Gasteiger partial charge in [-0.3, -0.25) is 4.79 Å². The molecule has 1 aromatic rings. The summed E-state index contributed by atoms with van der Waals surface area (Å²) >= 11 is 0. The smallest absolute Gasteiger partial charge is 0.305 e. The van der Waals surface area contributed by atoms with Crippen molar-refractivity contribution in [1.29, 1.82) is 0 Å². The van der Waals surface area contributed by atoms with Gasteiger partial charge in [0.2, 0.25) is 0 Å². The fraction of sp³-hybridized carbons (Fsp3) is 0.462. The van der Waals surface area contributed by atoms with E-state index in [1.54, 1.807) is 6.92 Å². The molecule has 0 aromatic heterocycles. The third-order valence-corrected chi connectivity index (χ3v) is 2.77. The zero-order valence-corrected chi connectivity index (χ0v) is 10.5. The number of aliphatic carboxylic acids is 1. The van der Waals surface area contributed by atoms with Gasteiger partial charge < -0.3 is 10.4 Å². The van der Waals surface area contributed by atoms with Crippen LogP contribution in [0.2, 0.25) is 0 Å². The van der Waals surface area contributed by atoms with Crippen molar-refractivity contribution in [3.8, 4) is 0 Å². The number of carboxylic acid groups (broad SMARTS) is 1. The van der Waals surface area contributed by atoms with E-state index in [1.807, 2.05) is 6.92 Å². The molecule has 0 saturated heterocycles.